The van der Waals surface area contributed by atoms with E-state index in [2.05, 4.69) is 23.8 Å². The molecule has 3 heteroatoms. The van der Waals surface area contributed by atoms with Gasteiger partial charge >= 0.3 is 0 Å². The maximum atomic E-state index is 5.19. The van der Waals surface area contributed by atoms with Gasteiger partial charge in [-0.05, 0) is 25.5 Å². The van der Waals surface area contributed by atoms with Gasteiger partial charge in [0.15, 0.2) is 0 Å². The van der Waals surface area contributed by atoms with Crippen molar-refractivity contribution in [2.75, 3.05) is 7.11 Å². The van der Waals surface area contributed by atoms with Gasteiger partial charge in [0.25, 0.3) is 0 Å². The maximum Gasteiger partial charge on any atom is 0.222 e. The van der Waals surface area contributed by atoms with Crippen LogP contribution in [0.25, 0.3) is 10.9 Å². The minimum Gasteiger partial charge on any atom is -0.480 e. The van der Waals surface area contributed by atoms with E-state index in [1.807, 2.05) is 6.07 Å². The van der Waals surface area contributed by atoms with Gasteiger partial charge in [0.2, 0.25) is 5.88 Å². The second-order valence-electron chi connectivity index (χ2n) is 3.12. The lowest BCUT2D eigenvalue weighted by Gasteiger charge is -2.00. The van der Waals surface area contributed by atoms with Crippen LogP contribution >= 0.6 is 0 Å². The highest BCUT2D eigenvalue weighted by Crippen LogP contribution is 2.27. The molecule has 68 valence electrons. The van der Waals surface area contributed by atoms with E-state index < -0.39 is 0 Å². The summed E-state index contributed by atoms with van der Waals surface area (Å²) in [7, 11) is 1.64. The van der Waals surface area contributed by atoms with Crippen molar-refractivity contribution in [3.63, 3.8) is 0 Å². The van der Waals surface area contributed by atoms with Crippen LogP contribution in [0, 0.1) is 13.8 Å². The van der Waals surface area contributed by atoms with Crippen LogP contribution in [0.5, 0.6) is 5.88 Å². The number of rotatable bonds is 1. The molecule has 0 saturated heterocycles. The van der Waals surface area contributed by atoms with Gasteiger partial charge in [0, 0.05) is 11.9 Å². The molecule has 0 atom stereocenters. The Kier molecular flexibility index (Phi) is 1.72. The fraction of sp³-hybridized carbons (Fsp3) is 0.300. The predicted molar refractivity (Wildman–Crippen MR) is 52.1 cm³/mol. The summed E-state index contributed by atoms with van der Waals surface area (Å²) in [5.74, 6) is 0.694. The molecule has 0 aromatic carbocycles. The number of nitrogens with one attached hydrogen (secondary N) is 1. The molecule has 2 aromatic heterocycles. The molecule has 0 aliphatic rings. The van der Waals surface area contributed by atoms with Crippen molar-refractivity contribution in [2.45, 2.75) is 13.8 Å². The molecule has 2 heterocycles. The summed E-state index contributed by atoms with van der Waals surface area (Å²) in [6, 6.07) is 1.96. The van der Waals surface area contributed by atoms with E-state index in [0.29, 0.717) is 5.88 Å². The van der Waals surface area contributed by atoms with Crippen molar-refractivity contribution < 1.29 is 4.74 Å². The molecular weight excluding hydrogens is 164 g/mol. The third kappa shape index (κ3) is 1.08. The first kappa shape index (κ1) is 8.10. The molecule has 3 nitrogen and oxygen atoms in total. The maximum absolute atomic E-state index is 5.19. The fourth-order valence-corrected chi connectivity index (χ4v) is 1.55. The Morgan fingerprint density at radius 3 is 2.85 bits per heavy atom. The molecule has 13 heavy (non-hydrogen) atoms. The van der Waals surface area contributed by atoms with Crippen LogP contribution in [-0.4, -0.2) is 17.1 Å². The number of H-pyrrole nitrogens is 1. The predicted octanol–water partition coefficient (Wildman–Crippen LogP) is 2.19. The van der Waals surface area contributed by atoms with E-state index in [-0.39, 0.29) is 0 Å². The van der Waals surface area contributed by atoms with Crippen molar-refractivity contribution >= 4 is 10.9 Å². The molecule has 0 bridgehead atoms. The Morgan fingerprint density at radius 2 is 2.15 bits per heavy atom. The number of fused-ring (bicyclic) bond motifs is 1. The zero-order valence-electron chi connectivity index (χ0n) is 8.01. The molecule has 1 N–H and O–H groups in total. The second-order valence-corrected chi connectivity index (χ2v) is 3.12. The second kappa shape index (κ2) is 2.76. The van der Waals surface area contributed by atoms with E-state index in [0.717, 1.165) is 10.9 Å². The topological polar surface area (TPSA) is 37.9 Å². The first-order chi connectivity index (χ1) is 6.24. The zero-order chi connectivity index (χ0) is 9.42. The molecule has 0 aliphatic heterocycles. The van der Waals surface area contributed by atoms with Crippen molar-refractivity contribution in [3.05, 3.63) is 23.5 Å². The van der Waals surface area contributed by atoms with Gasteiger partial charge in [-0.2, -0.15) is 0 Å². The van der Waals surface area contributed by atoms with Crippen molar-refractivity contribution in [1.29, 1.82) is 0 Å². The van der Waals surface area contributed by atoms with Crippen molar-refractivity contribution in [3.8, 4) is 5.88 Å². The monoisotopic (exact) mass is 176 g/mol. The lowest BCUT2D eigenvalue weighted by molar-refractivity contribution is 0.403. The Morgan fingerprint density at radius 1 is 1.38 bits per heavy atom. The first-order valence-electron chi connectivity index (χ1n) is 4.22. The van der Waals surface area contributed by atoms with Crippen LogP contribution < -0.4 is 4.74 Å². The molecule has 0 saturated carbocycles. The van der Waals surface area contributed by atoms with Crippen LogP contribution in [0.4, 0.5) is 0 Å². The van der Waals surface area contributed by atoms with E-state index in [1.54, 1.807) is 13.3 Å². The van der Waals surface area contributed by atoms with E-state index in [4.69, 9.17) is 4.74 Å². The molecule has 0 fully saturated rings. The average Bonchev–Trinajstić information content (AvgIpc) is 2.43. The third-order valence-corrected chi connectivity index (χ3v) is 2.37. The highest BCUT2D eigenvalue weighted by molar-refractivity contribution is 5.88. The van der Waals surface area contributed by atoms with Crippen molar-refractivity contribution in [2.24, 2.45) is 0 Å². The standard InChI is InChI=1S/C10H12N2O/c1-6-7(2)12-8-4-5-11-10(13-3)9(6)8/h4-5,12H,1-3H3. The number of ether oxygens (including phenoxy) is 1. The number of hydrogen-bond acceptors (Lipinski definition) is 2. The first-order valence-corrected chi connectivity index (χ1v) is 4.22. The van der Waals surface area contributed by atoms with E-state index in [1.165, 1.54) is 11.3 Å². The molecule has 0 spiro atoms. The van der Waals surface area contributed by atoms with Gasteiger partial charge in [-0.3, -0.25) is 0 Å². The Labute approximate surface area is 76.8 Å². The highest BCUT2D eigenvalue weighted by atomic mass is 16.5. The summed E-state index contributed by atoms with van der Waals surface area (Å²) in [5, 5.41) is 1.09. The van der Waals surface area contributed by atoms with Gasteiger partial charge in [-0.25, -0.2) is 4.98 Å². The number of aromatic amines is 1. The number of aromatic nitrogens is 2. The van der Waals surface area contributed by atoms with Crippen LogP contribution in [0.3, 0.4) is 0 Å². The van der Waals surface area contributed by atoms with E-state index in [9.17, 15) is 0 Å². The van der Waals surface area contributed by atoms with Crippen LogP contribution in [0.15, 0.2) is 12.3 Å². The minimum absolute atomic E-state index is 0.694. The Balaban J connectivity index is 2.87. The SMILES string of the molecule is COc1nccc2[nH]c(C)c(C)c12. The Bertz CT molecular complexity index is 445. The molecule has 2 rings (SSSR count). The van der Waals surface area contributed by atoms with Gasteiger partial charge in [0.05, 0.1) is 18.0 Å². The summed E-state index contributed by atoms with van der Waals surface area (Å²) in [4.78, 5) is 7.44. The summed E-state index contributed by atoms with van der Waals surface area (Å²) < 4.78 is 5.19. The molecule has 0 amide bonds. The smallest absolute Gasteiger partial charge is 0.222 e. The number of pyridine rings is 1. The van der Waals surface area contributed by atoms with Crippen LogP contribution in [0.1, 0.15) is 11.3 Å². The highest BCUT2D eigenvalue weighted by Gasteiger charge is 2.09. The van der Waals surface area contributed by atoms with Gasteiger partial charge in [-0.1, -0.05) is 0 Å². The minimum atomic E-state index is 0.694. The summed E-state index contributed by atoms with van der Waals surface area (Å²) in [6.45, 7) is 4.12. The molecule has 2 aromatic rings. The third-order valence-electron chi connectivity index (χ3n) is 2.37. The fourth-order valence-electron chi connectivity index (χ4n) is 1.55. The largest absolute Gasteiger partial charge is 0.480 e. The molecule has 0 unspecified atom stereocenters. The molecule has 0 aliphatic carbocycles. The number of methoxy groups -OCH3 is 1. The summed E-state index contributed by atoms with van der Waals surface area (Å²) in [5.41, 5.74) is 3.46. The summed E-state index contributed by atoms with van der Waals surface area (Å²) >= 11 is 0. The van der Waals surface area contributed by atoms with Gasteiger partial charge in [0.1, 0.15) is 0 Å². The van der Waals surface area contributed by atoms with Crippen LogP contribution in [-0.2, 0) is 0 Å². The quantitative estimate of drug-likeness (QED) is 0.723. The van der Waals surface area contributed by atoms with Crippen molar-refractivity contribution in [1.82, 2.24) is 9.97 Å². The lowest BCUT2D eigenvalue weighted by Crippen LogP contribution is -1.87. The molecule has 0 radical (unpaired) electrons. The van der Waals surface area contributed by atoms with Crippen LogP contribution in [0.2, 0.25) is 0 Å². The lowest BCUT2D eigenvalue weighted by atomic mass is 10.2. The number of nitrogens with zero attached hydrogens (tertiary/aromatic N) is 1. The summed E-state index contributed by atoms with van der Waals surface area (Å²) in [6.07, 6.45) is 1.75. The van der Waals surface area contributed by atoms with E-state index >= 15 is 0 Å². The number of aryl methyl sites for hydroxylation is 2. The zero-order valence-corrected chi connectivity index (χ0v) is 8.01. The van der Waals surface area contributed by atoms with Gasteiger partial charge in [-0.15, -0.1) is 0 Å². The Hall–Kier alpha value is -1.51. The average molecular weight is 176 g/mol. The molecular formula is C10H12N2O. The normalized spacial score (nSPS) is 10.7. The number of hydrogen-bond donors (Lipinski definition) is 1. The van der Waals surface area contributed by atoms with Gasteiger partial charge < -0.3 is 9.72 Å².